The van der Waals surface area contributed by atoms with Crippen molar-refractivity contribution in [1.29, 1.82) is 0 Å². The number of fused-ring (bicyclic) bond motifs is 1. The highest BCUT2D eigenvalue weighted by molar-refractivity contribution is 9.10. The number of ether oxygens (including phenoxy) is 2. The fourth-order valence-corrected chi connectivity index (χ4v) is 3.09. The fourth-order valence-electron chi connectivity index (χ4n) is 2.68. The van der Waals surface area contributed by atoms with Gasteiger partial charge in [0, 0.05) is 10.0 Å². The van der Waals surface area contributed by atoms with Crippen molar-refractivity contribution in [3.8, 4) is 11.5 Å². The zero-order valence-corrected chi connectivity index (χ0v) is 13.4. The summed E-state index contributed by atoms with van der Waals surface area (Å²) in [5.74, 6) is 1.64. The summed E-state index contributed by atoms with van der Waals surface area (Å²) in [5.41, 5.74) is 3.20. The van der Waals surface area contributed by atoms with E-state index >= 15 is 0 Å². The van der Waals surface area contributed by atoms with Gasteiger partial charge in [0.25, 0.3) is 0 Å². The Bertz CT molecular complexity index is 654. The molecule has 0 heterocycles. The molecule has 2 aromatic rings. The molecule has 0 spiro atoms. The second kappa shape index (κ2) is 6.08. The molecule has 0 saturated carbocycles. The van der Waals surface area contributed by atoms with Crippen LogP contribution in [0, 0.1) is 0 Å². The van der Waals surface area contributed by atoms with Gasteiger partial charge in [0.05, 0.1) is 13.2 Å². The third-order valence-electron chi connectivity index (χ3n) is 3.80. The zero-order valence-electron chi connectivity index (χ0n) is 11.8. The largest absolute Gasteiger partial charge is 0.496 e. The molecule has 0 bridgehead atoms. The lowest BCUT2D eigenvalue weighted by Gasteiger charge is -2.12. The number of hydrogen-bond donors (Lipinski definition) is 1. The third kappa shape index (κ3) is 3.06. The molecule has 1 aliphatic carbocycles. The van der Waals surface area contributed by atoms with Crippen LogP contribution >= 0.6 is 15.9 Å². The topological polar surface area (TPSA) is 38.7 Å². The Morgan fingerprint density at radius 1 is 1.24 bits per heavy atom. The van der Waals surface area contributed by atoms with Crippen LogP contribution in [0.2, 0.25) is 0 Å². The normalized spacial score (nSPS) is 16.6. The minimum atomic E-state index is -0.320. The Balaban J connectivity index is 1.75. The minimum Gasteiger partial charge on any atom is -0.496 e. The standard InChI is InChI=1S/C17H17BrO3/c1-20-17-7-3-13(18)8-12(17)10-21-14-4-5-15-11(9-14)2-6-16(15)19/h3-5,7-9,16,19H,2,6,10H2,1H3. The van der Waals surface area contributed by atoms with Gasteiger partial charge in [-0.25, -0.2) is 0 Å². The van der Waals surface area contributed by atoms with Gasteiger partial charge in [-0.15, -0.1) is 0 Å². The second-order valence-corrected chi connectivity index (χ2v) is 6.08. The third-order valence-corrected chi connectivity index (χ3v) is 4.29. The zero-order chi connectivity index (χ0) is 14.8. The first-order valence-electron chi connectivity index (χ1n) is 6.93. The van der Waals surface area contributed by atoms with Gasteiger partial charge in [-0.05, 0) is 54.3 Å². The quantitative estimate of drug-likeness (QED) is 0.906. The Morgan fingerprint density at radius 3 is 2.90 bits per heavy atom. The summed E-state index contributed by atoms with van der Waals surface area (Å²) in [6.07, 6.45) is 1.39. The van der Waals surface area contributed by atoms with Crippen molar-refractivity contribution in [3.05, 3.63) is 57.6 Å². The number of halogens is 1. The lowest BCUT2D eigenvalue weighted by molar-refractivity contribution is 0.180. The Labute approximate surface area is 132 Å². The first-order chi connectivity index (χ1) is 10.2. The van der Waals surface area contributed by atoms with Crippen molar-refractivity contribution in [3.63, 3.8) is 0 Å². The van der Waals surface area contributed by atoms with Crippen molar-refractivity contribution in [1.82, 2.24) is 0 Å². The van der Waals surface area contributed by atoms with Crippen LogP contribution in [0.4, 0.5) is 0 Å². The van der Waals surface area contributed by atoms with E-state index in [0.29, 0.717) is 6.61 Å². The van der Waals surface area contributed by atoms with E-state index < -0.39 is 0 Å². The number of rotatable bonds is 4. The van der Waals surface area contributed by atoms with Gasteiger partial charge in [-0.2, -0.15) is 0 Å². The highest BCUT2D eigenvalue weighted by Crippen LogP contribution is 2.33. The molecule has 0 amide bonds. The van der Waals surface area contributed by atoms with Gasteiger partial charge in [0.1, 0.15) is 18.1 Å². The number of aryl methyl sites for hydroxylation is 1. The molecule has 0 saturated heterocycles. The molecule has 0 aromatic heterocycles. The van der Waals surface area contributed by atoms with Crippen molar-refractivity contribution in [2.75, 3.05) is 7.11 Å². The van der Waals surface area contributed by atoms with E-state index in [-0.39, 0.29) is 6.10 Å². The van der Waals surface area contributed by atoms with Crippen molar-refractivity contribution in [2.45, 2.75) is 25.6 Å². The molecule has 0 radical (unpaired) electrons. The number of benzene rings is 2. The summed E-state index contributed by atoms with van der Waals surface area (Å²) in [6, 6.07) is 11.8. The molecule has 2 aromatic carbocycles. The number of methoxy groups -OCH3 is 1. The predicted octanol–water partition coefficient (Wildman–Crippen LogP) is 4.02. The average Bonchev–Trinajstić information content (AvgIpc) is 2.86. The van der Waals surface area contributed by atoms with E-state index in [2.05, 4.69) is 15.9 Å². The second-order valence-electron chi connectivity index (χ2n) is 5.16. The summed E-state index contributed by atoms with van der Waals surface area (Å²) in [7, 11) is 1.66. The molecule has 3 rings (SSSR count). The van der Waals surface area contributed by atoms with Gasteiger partial charge in [-0.1, -0.05) is 22.0 Å². The van der Waals surface area contributed by atoms with Gasteiger partial charge >= 0.3 is 0 Å². The average molecular weight is 349 g/mol. The van der Waals surface area contributed by atoms with Gasteiger partial charge in [-0.3, -0.25) is 0 Å². The van der Waals surface area contributed by atoms with Crippen molar-refractivity contribution in [2.24, 2.45) is 0 Å². The van der Waals surface area contributed by atoms with Crippen molar-refractivity contribution < 1.29 is 14.6 Å². The Hall–Kier alpha value is -1.52. The Kier molecular flexibility index (Phi) is 4.17. The van der Waals surface area contributed by atoms with Crippen LogP contribution < -0.4 is 9.47 Å². The lowest BCUT2D eigenvalue weighted by atomic mass is 10.1. The Morgan fingerprint density at radius 2 is 2.10 bits per heavy atom. The fraction of sp³-hybridized carbons (Fsp3) is 0.294. The van der Waals surface area contributed by atoms with E-state index in [0.717, 1.165) is 39.9 Å². The molecule has 1 atom stereocenters. The molecule has 3 nitrogen and oxygen atoms in total. The minimum absolute atomic E-state index is 0.320. The molecule has 110 valence electrons. The van der Waals surface area contributed by atoms with E-state index in [1.54, 1.807) is 7.11 Å². The monoisotopic (exact) mass is 348 g/mol. The molecule has 4 heteroatoms. The summed E-state index contributed by atoms with van der Waals surface area (Å²) >= 11 is 3.46. The van der Waals surface area contributed by atoms with E-state index in [4.69, 9.17) is 9.47 Å². The maximum absolute atomic E-state index is 9.82. The molecule has 21 heavy (non-hydrogen) atoms. The smallest absolute Gasteiger partial charge is 0.125 e. The highest BCUT2D eigenvalue weighted by Gasteiger charge is 2.20. The van der Waals surface area contributed by atoms with Gasteiger partial charge in [0.15, 0.2) is 0 Å². The highest BCUT2D eigenvalue weighted by atomic mass is 79.9. The molecule has 1 N–H and O–H groups in total. The summed E-state index contributed by atoms with van der Waals surface area (Å²) in [5, 5.41) is 9.82. The summed E-state index contributed by atoms with van der Waals surface area (Å²) in [4.78, 5) is 0. The lowest BCUT2D eigenvalue weighted by Crippen LogP contribution is -1.99. The first kappa shape index (κ1) is 14.4. The maximum atomic E-state index is 9.82. The summed E-state index contributed by atoms with van der Waals surface area (Å²) in [6.45, 7) is 0.448. The van der Waals surface area contributed by atoms with Crippen LogP contribution in [-0.2, 0) is 13.0 Å². The van der Waals surface area contributed by atoms with Crippen LogP contribution in [-0.4, -0.2) is 12.2 Å². The molecule has 1 aliphatic rings. The van der Waals surface area contributed by atoms with Gasteiger partial charge < -0.3 is 14.6 Å². The number of aliphatic hydroxyl groups is 1. The summed E-state index contributed by atoms with van der Waals surface area (Å²) < 4.78 is 12.2. The van der Waals surface area contributed by atoms with E-state index in [1.807, 2.05) is 36.4 Å². The molecule has 0 aliphatic heterocycles. The maximum Gasteiger partial charge on any atom is 0.125 e. The van der Waals surface area contributed by atoms with Crippen LogP contribution in [0.25, 0.3) is 0 Å². The molecule has 0 fully saturated rings. The first-order valence-corrected chi connectivity index (χ1v) is 7.73. The molecule has 1 unspecified atom stereocenters. The van der Waals surface area contributed by atoms with Crippen LogP contribution in [0.1, 0.15) is 29.2 Å². The van der Waals surface area contributed by atoms with Crippen molar-refractivity contribution >= 4 is 15.9 Å². The predicted molar refractivity (Wildman–Crippen MR) is 84.7 cm³/mol. The van der Waals surface area contributed by atoms with Crippen LogP contribution in [0.5, 0.6) is 11.5 Å². The van der Waals surface area contributed by atoms with Crippen LogP contribution in [0.15, 0.2) is 40.9 Å². The van der Waals surface area contributed by atoms with E-state index in [9.17, 15) is 5.11 Å². The number of aliphatic hydroxyl groups excluding tert-OH is 1. The van der Waals surface area contributed by atoms with Gasteiger partial charge in [0.2, 0.25) is 0 Å². The molecular weight excluding hydrogens is 332 g/mol. The SMILES string of the molecule is COc1ccc(Br)cc1COc1ccc2c(c1)CCC2O. The van der Waals surface area contributed by atoms with E-state index in [1.165, 1.54) is 5.56 Å². The molecular formula is C17H17BrO3. The number of hydrogen-bond acceptors (Lipinski definition) is 3. The van der Waals surface area contributed by atoms with Crippen LogP contribution in [0.3, 0.4) is 0 Å².